The number of nitrogen functional groups attached to an aromatic ring is 1. The van der Waals surface area contributed by atoms with Crippen LogP contribution in [-0.4, -0.2) is 16.2 Å². The molecule has 0 atom stereocenters. The van der Waals surface area contributed by atoms with Crippen LogP contribution >= 0.6 is 22.9 Å². The Labute approximate surface area is 105 Å². The number of carbonyl (C=O) groups is 1. The van der Waals surface area contributed by atoms with Gasteiger partial charge in [0.15, 0.2) is 0 Å². The number of nitrogens with two attached hydrogens (primary N) is 1. The van der Waals surface area contributed by atoms with Crippen LogP contribution in [0.15, 0.2) is 22.9 Å². The van der Waals surface area contributed by atoms with Gasteiger partial charge in [0.25, 0.3) is 0 Å². The van der Waals surface area contributed by atoms with Gasteiger partial charge < -0.3 is 15.6 Å². The normalized spacial score (nSPS) is 10.2. The van der Waals surface area contributed by atoms with Crippen molar-refractivity contribution < 1.29 is 14.6 Å². The Kier molecular flexibility index (Phi) is 3.16. The minimum atomic E-state index is -1.48. The predicted octanol–water partition coefficient (Wildman–Crippen LogP) is 3.10. The van der Waals surface area contributed by atoms with Crippen molar-refractivity contribution >= 4 is 34.8 Å². The first kappa shape index (κ1) is 11.7. The van der Waals surface area contributed by atoms with Gasteiger partial charge in [-0.3, -0.25) is 0 Å². The molecule has 2 aromatic heterocycles. The number of ether oxygens (including phenoxy) is 1. The molecule has 0 unspecified atom stereocenters. The van der Waals surface area contributed by atoms with Crippen LogP contribution < -0.4 is 10.5 Å². The molecule has 0 spiro atoms. The van der Waals surface area contributed by atoms with Crippen molar-refractivity contribution in [2.75, 3.05) is 5.73 Å². The van der Waals surface area contributed by atoms with E-state index in [1.807, 2.05) is 16.8 Å². The van der Waals surface area contributed by atoms with Gasteiger partial charge in [-0.15, -0.1) is 0 Å². The second kappa shape index (κ2) is 4.60. The lowest BCUT2D eigenvalue weighted by Gasteiger charge is -2.07. The molecule has 2 heterocycles. The summed E-state index contributed by atoms with van der Waals surface area (Å²) in [6.07, 6.45) is -1.48. The zero-order valence-corrected chi connectivity index (χ0v) is 9.96. The van der Waals surface area contributed by atoms with Crippen LogP contribution in [0.2, 0.25) is 5.02 Å². The van der Waals surface area contributed by atoms with Gasteiger partial charge in [-0.05, 0) is 17.5 Å². The summed E-state index contributed by atoms with van der Waals surface area (Å²) in [5.74, 6) is -0.208. The number of hydrogen-bond acceptors (Lipinski definition) is 5. The minimum absolute atomic E-state index is 0.00798. The van der Waals surface area contributed by atoms with E-state index in [2.05, 4.69) is 9.72 Å². The van der Waals surface area contributed by atoms with Gasteiger partial charge in [0, 0.05) is 10.9 Å². The zero-order chi connectivity index (χ0) is 12.4. The molecule has 0 saturated heterocycles. The van der Waals surface area contributed by atoms with Crippen LogP contribution in [0.1, 0.15) is 0 Å². The molecule has 3 N–H and O–H groups in total. The van der Waals surface area contributed by atoms with Gasteiger partial charge >= 0.3 is 6.16 Å². The fourth-order valence-electron chi connectivity index (χ4n) is 1.23. The number of thiophene rings is 1. The third kappa shape index (κ3) is 2.48. The highest BCUT2D eigenvalue weighted by molar-refractivity contribution is 7.08. The highest BCUT2D eigenvalue weighted by Crippen LogP contribution is 2.33. The molecular formula is C10H7ClN2O3S. The molecule has 0 radical (unpaired) electrons. The molecule has 88 valence electrons. The molecule has 2 aromatic rings. The Hall–Kier alpha value is -1.79. The Balaban J connectivity index is 2.49. The topological polar surface area (TPSA) is 85.4 Å². The van der Waals surface area contributed by atoms with Crippen molar-refractivity contribution in [3.05, 3.63) is 27.9 Å². The highest BCUT2D eigenvalue weighted by atomic mass is 35.5. The van der Waals surface area contributed by atoms with Crippen molar-refractivity contribution in [3.8, 4) is 17.1 Å². The van der Waals surface area contributed by atoms with E-state index in [1.165, 1.54) is 11.3 Å². The zero-order valence-electron chi connectivity index (χ0n) is 8.38. The van der Waals surface area contributed by atoms with E-state index in [-0.39, 0.29) is 16.6 Å². The first-order chi connectivity index (χ1) is 8.08. The van der Waals surface area contributed by atoms with Crippen LogP contribution in [0.3, 0.4) is 0 Å². The molecule has 5 nitrogen and oxygen atoms in total. The molecule has 0 fully saturated rings. The lowest BCUT2D eigenvalue weighted by Crippen LogP contribution is -2.06. The molecule has 2 rings (SSSR count). The van der Waals surface area contributed by atoms with Gasteiger partial charge in [-0.1, -0.05) is 11.6 Å². The van der Waals surface area contributed by atoms with Crippen LogP contribution in [0.5, 0.6) is 5.88 Å². The molecule has 0 amide bonds. The van der Waals surface area contributed by atoms with E-state index >= 15 is 0 Å². The summed E-state index contributed by atoms with van der Waals surface area (Å²) in [6, 6.07) is 3.41. The molecule has 7 heteroatoms. The number of anilines is 1. The van der Waals surface area contributed by atoms with Crippen LogP contribution in [-0.2, 0) is 0 Å². The fraction of sp³-hybridized carbons (Fsp3) is 0. The summed E-state index contributed by atoms with van der Waals surface area (Å²) >= 11 is 7.29. The van der Waals surface area contributed by atoms with E-state index in [1.54, 1.807) is 6.07 Å². The Morgan fingerprint density at radius 2 is 2.35 bits per heavy atom. The molecule has 0 aromatic carbocycles. The maximum absolute atomic E-state index is 10.5. The van der Waals surface area contributed by atoms with Crippen molar-refractivity contribution in [3.63, 3.8) is 0 Å². The van der Waals surface area contributed by atoms with E-state index < -0.39 is 6.16 Å². The number of nitrogens with zero attached hydrogens (tertiary/aromatic N) is 1. The monoisotopic (exact) mass is 270 g/mol. The smallest absolute Gasteiger partial charge is 0.449 e. The Bertz CT molecular complexity index is 557. The first-order valence-electron chi connectivity index (χ1n) is 4.47. The fourth-order valence-corrected chi connectivity index (χ4v) is 2.02. The SMILES string of the molecule is Nc1cc(-c2ccsc2)nc(OC(=O)O)c1Cl. The van der Waals surface area contributed by atoms with Crippen molar-refractivity contribution in [1.82, 2.24) is 4.98 Å². The first-order valence-corrected chi connectivity index (χ1v) is 5.79. The number of pyridine rings is 1. The van der Waals surface area contributed by atoms with Crippen LogP contribution in [0, 0.1) is 0 Å². The minimum Gasteiger partial charge on any atom is -0.449 e. The Morgan fingerprint density at radius 1 is 1.59 bits per heavy atom. The molecule has 0 aliphatic carbocycles. The number of halogens is 1. The molecule has 0 aliphatic heterocycles. The predicted molar refractivity (Wildman–Crippen MR) is 65.6 cm³/mol. The highest BCUT2D eigenvalue weighted by Gasteiger charge is 2.14. The number of rotatable bonds is 2. The third-order valence-electron chi connectivity index (χ3n) is 1.96. The largest absolute Gasteiger partial charge is 0.512 e. The number of carboxylic acid groups (broad SMARTS) is 1. The average molecular weight is 271 g/mol. The van der Waals surface area contributed by atoms with Gasteiger partial charge in [-0.25, -0.2) is 9.78 Å². The molecule has 17 heavy (non-hydrogen) atoms. The average Bonchev–Trinajstić information content (AvgIpc) is 2.77. The molecule has 0 bridgehead atoms. The van der Waals surface area contributed by atoms with Gasteiger partial charge in [-0.2, -0.15) is 11.3 Å². The van der Waals surface area contributed by atoms with Crippen molar-refractivity contribution in [2.24, 2.45) is 0 Å². The summed E-state index contributed by atoms with van der Waals surface area (Å²) < 4.78 is 4.46. The van der Waals surface area contributed by atoms with Crippen LogP contribution in [0.4, 0.5) is 10.5 Å². The molecule has 0 saturated carbocycles. The second-order valence-electron chi connectivity index (χ2n) is 3.10. The van der Waals surface area contributed by atoms with Gasteiger partial charge in [0.1, 0.15) is 5.02 Å². The standard InChI is InChI=1S/C10H7ClN2O3S/c11-8-6(12)3-7(5-1-2-17-4-5)13-9(8)16-10(14)15/h1-4H,(H2,12,13)(H,14,15). The molecule has 0 aliphatic rings. The lowest BCUT2D eigenvalue weighted by atomic mass is 10.2. The second-order valence-corrected chi connectivity index (χ2v) is 4.25. The Morgan fingerprint density at radius 3 is 2.94 bits per heavy atom. The van der Waals surface area contributed by atoms with E-state index in [4.69, 9.17) is 22.4 Å². The summed E-state index contributed by atoms with van der Waals surface area (Å²) in [4.78, 5) is 14.5. The maximum atomic E-state index is 10.5. The lowest BCUT2D eigenvalue weighted by molar-refractivity contribution is 0.142. The van der Waals surface area contributed by atoms with E-state index in [0.717, 1.165) is 5.56 Å². The summed E-state index contributed by atoms with van der Waals surface area (Å²) in [7, 11) is 0. The molecular weight excluding hydrogens is 264 g/mol. The third-order valence-corrected chi connectivity index (χ3v) is 3.02. The van der Waals surface area contributed by atoms with Crippen LogP contribution in [0.25, 0.3) is 11.3 Å². The van der Waals surface area contributed by atoms with Crippen molar-refractivity contribution in [2.45, 2.75) is 0 Å². The summed E-state index contributed by atoms with van der Waals surface area (Å²) in [5.41, 5.74) is 7.23. The summed E-state index contributed by atoms with van der Waals surface area (Å²) in [5, 5.41) is 12.3. The maximum Gasteiger partial charge on any atom is 0.512 e. The number of hydrogen-bond donors (Lipinski definition) is 2. The van der Waals surface area contributed by atoms with Crippen molar-refractivity contribution in [1.29, 1.82) is 0 Å². The number of aromatic nitrogens is 1. The quantitative estimate of drug-likeness (QED) is 0.819. The summed E-state index contributed by atoms with van der Waals surface area (Å²) in [6.45, 7) is 0. The van der Waals surface area contributed by atoms with E-state index in [9.17, 15) is 4.79 Å². The van der Waals surface area contributed by atoms with Gasteiger partial charge in [0.05, 0.1) is 11.4 Å². The van der Waals surface area contributed by atoms with E-state index in [0.29, 0.717) is 5.69 Å². The van der Waals surface area contributed by atoms with Gasteiger partial charge in [0.2, 0.25) is 5.88 Å².